The average Bonchev–Trinajstić information content (AvgIpc) is 2.60. The van der Waals surface area contributed by atoms with Gasteiger partial charge >= 0.3 is 0 Å². The van der Waals surface area contributed by atoms with E-state index in [1.807, 2.05) is 12.1 Å². The second kappa shape index (κ2) is 4.93. The molecule has 0 saturated heterocycles. The molecule has 0 aliphatic carbocycles. The second-order valence-electron chi connectivity index (χ2n) is 3.10. The first kappa shape index (κ1) is 11.5. The molecule has 84 valence electrons. The van der Waals surface area contributed by atoms with Crippen molar-refractivity contribution >= 4 is 27.3 Å². The summed E-state index contributed by atoms with van der Waals surface area (Å²) in [6, 6.07) is 6.92. The molecular weight excluding hydrogens is 298 g/mol. The molecule has 16 heavy (non-hydrogen) atoms. The van der Waals surface area contributed by atoms with Crippen LogP contribution in [-0.4, -0.2) is 0 Å². The highest BCUT2D eigenvalue weighted by Crippen LogP contribution is 2.24. The van der Waals surface area contributed by atoms with Crippen LogP contribution in [0.4, 0.5) is 8.78 Å². The maximum Gasteiger partial charge on any atom is 0.129 e. The van der Waals surface area contributed by atoms with Gasteiger partial charge in [0.05, 0.1) is 3.79 Å². The molecule has 0 radical (unpaired) electrons. The van der Waals surface area contributed by atoms with E-state index in [-0.39, 0.29) is 5.75 Å². The number of halogens is 3. The Morgan fingerprint density at radius 3 is 2.38 bits per heavy atom. The van der Waals surface area contributed by atoms with Crippen molar-refractivity contribution in [3.63, 3.8) is 0 Å². The molecule has 0 unspecified atom stereocenters. The predicted molar refractivity (Wildman–Crippen MR) is 62.7 cm³/mol. The van der Waals surface area contributed by atoms with Crippen molar-refractivity contribution < 1.29 is 13.5 Å². The van der Waals surface area contributed by atoms with E-state index in [1.165, 1.54) is 11.3 Å². The van der Waals surface area contributed by atoms with Crippen LogP contribution in [0.15, 0.2) is 34.1 Å². The highest BCUT2D eigenvalue weighted by Gasteiger charge is 2.03. The molecule has 1 nitrogen and oxygen atoms in total. The number of ether oxygens (including phenoxy) is 1. The molecule has 2 aromatic rings. The molecule has 1 aromatic heterocycles. The van der Waals surface area contributed by atoms with Crippen LogP contribution in [-0.2, 0) is 6.61 Å². The summed E-state index contributed by atoms with van der Waals surface area (Å²) < 4.78 is 31.9. The summed E-state index contributed by atoms with van der Waals surface area (Å²) in [5.41, 5.74) is 0. The van der Waals surface area contributed by atoms with Crippen LogP contribution in [0.2, 0.25) is 0 Å². The number of rotatable bonds is 3. The van der Waals surface area contributed by atoms with Crippen LogP contribution in [0.5, 0.6) is 5.75 Å². The first-order valence-corrected chi connectivity index (χ1v) is 6.07. The smallest absolute Gasteiger partial charge is 0.129 e. The molecule has 0 spiro atoms. The topological polar surface area (TPSA) is 9.23 Å². The van der Waals surface area contributed by atoms with Crippen LogP contribution in [0.3, 0.4) is 0 Å². The monoisotopic (exact) mass is 304 g/mol. The third-order valence-electron chi connectivity index (χ3n) is 1.85. The fourth-order valence-electron chi connectivity index (χ4n) is 1.20. The first-order valence-electron chi connectivity index (χ1n) is 4.46. The van der Waals surface area contributed by atoms with Crippen molar-refractivity contribution in [2.45, 2.75) is 6.61 Å². The summed E-state index contributed by atoms with van der Waals surface area (Å²) >= 11 is 4.84. The largest absolute Gasteiger partial charge is 0.488 e. The van der Waals surface area contributed by atoms with Crippen LogP contribution in [0.25, 0.3) is 0 Å². The lowest BCUT2D eigenvalue weighted by molar-refractivity contribution is 0.306. The van der Waals surface area contributed by atoms with Gasteiger partial charge in [0.15, 0.2) is 0 Å². The Kier molecular flexibility index (Phi) is 3.56. The van der Waals surface area contributed by atoms with Gasteiger partial charge in [-0.2, -0.15) is 0 Å². The number of thiophene rings is 1. The summed E-state index contributed by atoms with van der Waals surface area (Å²) in [5, 5.41) is 0. The van der Waals surface area contributed by atoms with Crippen molar-refractivity contribution in [1.29, 1.82) is 0 Å². The number of hydrogen-bond acceptors (Lipinski definition) is 2. The SMILES string of the molecule is Fc1cc(F)cc(OCc2ccc(Br)s2)c1. The predicted octanol–water partition coefficient (Wildman–Crippen LogP) is 4.37. The Morgan fingerprint density at radius 2 is 1.81 bits per heavy atom. The van der Waals surface area contributed by atoms with E-state index in [2.05, 4.69) is 15.9 Å². The van der Waals surface area contributed by atoms with E-state index >= 15 is 0 Å². The molecule has 0 fully saturated rings. The molecule has 1 aromatic carbocycles. The van der Waals surface area contributed by atoms with Gasteiger partial charge in [-0.1, -0.05) is 0 Å². The van der Waals surface area contributed by atoms with Gasteiger partial charge in [-0.25, -0.2) is 8.78 Å². The Balaban J connectivity index is 2.04. The third kappa shape index (κ3) is 3.02. The van der Waals surface area contributed by atoms with Gasteiger partial charge in [0, 0.05) is 23.1 Å². The first-order chi connectivity index (χ1) is 7.63. The summed E-state index contributed by atoms with van der Waals surface area (Å²) in [5.74, 6) is -1.08. The maximum absolute atomic E-state index is 12.8. The molecule has 5 heteroatoms. The third-order valence-corrected chi connectivity index (χ3v) is 3.44. The lowest BCUT2D eigenvalue weighted by Gasteiger charge is -2.04. The molecule has 0 saturated carbocycles. The Hall–Kier alpha value is -0.940. The molecule has 0 amide bonds. The molecule has 1 heterocycles. The van der Waals surface area contributed by atoms with Crippen molar-refractivity contribution in [1.82, 2.24) is 0 Å². The van der Waals surface area contributed by atoms with Crippen LogP contribution >= 0.6 is 27.3 Å². The lowest BCUT2D eigenvalue weighted by atomic mass is 10.3. The molecule has 0 atom stereocenters. The van der Waals surface area contributed by atoms with Crippen LogP contribution in [0.1, 0.15) is 4.88 Å². The summed E-state index contributed by atoms with van der Waals surface area (Å²) in [6.45, 7) is 0.305. The van der Waals surface area contributed by atoms with Gasteiger partial charge in [0.1, 0.15) is 24.0 Å². The minimum Gasteiger partial charge on any atom is -0.488 e. The highest BCUT2D eigenvalue weighted by molar-refractivity contribution is 9.11. The summed E-state index contributed by atoms with van der Waals surface area (Å²) in [7, 11) is 0. The standard InChI is InChI=1S/C11H7BrF2OS/c12-11-2-1-10(16-11)6-15-9-4-7(13)3-8(14)5-9/h1-5H,6H2. The highest BCUT2D eigenvalue weighted by atomic mass is 79.9. The minimum absolute atomic E-state index is 0.196. The van der Waals surface area contributed by atoms with E-state index in [1.54, 1.807) is 0 Å². The molecule has 2 rings (SSSR count). The Labute approximate surface area is 104 Å². The second-order valence-corrected chi connectivity index (χ2v) is 5.65. The summed E-state index contributed by atoms with van der Waals surface area (Å²) in [6.07, 6.45) is 0. The number of hydrogen-bond donors (Lipinski definition) is 0. The lowest BCUT2D eigenvalue weighted by Crippen LogP contribution is -1.94. The Bertz CT molecular complexity index is 478. The van der Waals surface area contributed by atoms with E-state index < -0.39 is 11.6 Å². The van der Waals surface area contributed by atoms with E-state index in [9.17, 15) is 8.78 Å². The quantitative estimate of drug-likeness (QED) is 0.818. The summed E-state index contributed by atoms with van der Waals surface area (Å²) in [4.78, 5) is 0.983. The molecule has 0 bridgehead atoms. The maximum atomic E-state index is 12.8. The van der Waals surface area contributed by atoms with Crippen molar-refractivity contribution in [3.8, 4) is 5.75 Å². The van der Waals surface area contributed by atoms with Crippen molar-refractivity contribution in [3.05, 3.63) is 50.6 Å². The van der Waals surface area contributed by atoms with Crippen molar-refractivity contribution in [2.75, 3.05) is 0 Å². The normalized spacial score (nSPS) is 10.4. The van der Waals surface area contributed by atoms with Crippen LogP contribution in [0, 0.1) is 11.6 Å². The van der Waals surface area contributed by atoms with Gasteiger partial charge in [0.2, 0.25) is 0 Å². The van der Waals surface area contributed by atoms with Crippen molar-refractivity contribution in [2.24, 2.45) is 0 Å². The Morgan fingerprint density at radius 1 is 1.12 bits per heavy atom. The molecular formula is C11H7BrF2OS. The fourth-order valence-corrected chi connectivity index (χ4v) is 2.59. The van der Waals surface area contributed by atoms with Gasteiger partial charge in [0.25, 0.3) is 0 Å². The molecule has 0 N–H and O–H groups in total. The van der Waals surface area contributed by atoms with E-state index in [0.717, 1.165) is 26.9 Å². The van der Waals surface area contributed by atoms with E-state index in [4.69, 9.17) is 4.74 Å². The zero-order chi connectivity index (χ0) is 11.5. The van der Waals surface area contributed by atoms with Gasteiger partial charge in [-0.3, -0.25) is 0 Å². The zero-order valence-corrected chi connectivity index (χ0v) is 10.4. The fraction of sp³-hybridized carbons (Fsp3) is 0.0909. The van der Waals surface area contributed by atoms with Crippen LogP contribution < -0.4 is 4.74 Å². The number of benzene rings is 1. The van der Waals surface area contributed by atoms with Gasteiger partial charge in [-0.05, 0) is 28.1 Å². The van der Waals surface area contributed by atoms with E-state index in [0.29, 0.717) is 6.61 Å². The molecule has 0 aliphatic heterocycles. The van der Waals surface area contributed by atoms with Gasteiger partial charge < -0.3 is 4.74 Å². The zero-order valence-electron chi connectivity index (χ0n) is 8.04. The molecule has 0 aliphatic rings. The average molecular weight is 305 g/mol. The minimum atomic E-state index is -0.637. The van der Waals surface area contributed by atoms with Gasteiger partial charge in [-0.15, -0.1) is 11.3 Å².